The molecule has 92 valence electrons. The molecule has 0 fully saturated rings. The lowest BCUT2D eigenvalue weighted by Gasteiger charge is -2.08. The molecular formula is C15H14INO. The van der Waals surface area contributed by atoms with Crippen molar-refractivity contribution in [1.82, 2.24) is 0 Å². The number of hydrogen-bond acceptors (Lipinski definition) is 1. The Bertz CT molecular complexity index is 593. The topological polar surface area (TPSA) is 29.1 Å². The summed E-state index contributed by atoms with van der Waals surface area (Å²) in [7, 11) is 0. The van der Waals surface area contributed by atoms with Crippen LogP contribution in [-0.4, -0.2) is 5.91 Å². The molecule has 0 radical (unpaired) electrons. The lowest BCUT2D eigenvalue weighted by Crippen LogP contribution is -2.12. The molecule has 0 unspecified atom stereocenters. The number of anilines is 1. The summed E-state index contributed by atoms with van der Waals surface area (Å²) in [4.78, 5) is 12.1. The number of halogens is 1. The summed E-state index contributed by atoms with van der Waals surface area (Å²) in [5.74, 6) is -0.0690. The minimum Gasteiger partial charge on any atom is -0.321 e. The van der Waals surface area contributed by atoms with Gasteiger partial charge in [-0.25, -0.2) is 0 Å². The van der Waals surface area contributed by atoms with Crippen LogP contribution in [0.25, 0.3) is 0 Å². The summed E-state index contributed by atoms with van der Waals surface area (Å²) in [6, 6.07) is 13.6. The lowest BCUT2D eigenvalue weighted by atomic mass is 10.1. The summed E-state index contributed by atoms with van der Waals surface area (Å²) in [6.45, 7) is 4.01. The molecule has 3 heteroatoms. The van der Waals surface area contributed by atoms with E-state index in [0.717, 1.165) is 14.8 Å². The Kier molecular flexibility index (Phi) is 4.01. The Balaban J connectivity index is 2.21. The van der Waals surface area contributed by atoms with Crippen LogP contribution in [0.5, 0.6) is 0 Å². The van der Waals surface area contributed by atoms with Gasteiger partial charge in [0.15, 0.2) is 0 Å². The largest absolute Gasteiger partial charge is 0.321 e. The van der Waals surface area contributed by atoms with Crippen LogP contribution in [0.4, 0.5) is 5.69 Å². The molecule has 2 aromatic rings. The molecule has 0 aliphatic rings. The maximum atomic E-state index is 12.1. The quantitative estimate of drug-likeness (QED) is 0.809. The van der Waals surface area contributed by atoms with Crippen molar-refractivity contribution in [2.75, 3.05) is 5.32 Å². The van der Waals surface area contributed by atoms with E-state index in [1.165, 1.54) is 5.56 Å². The third-order valence-corrected chi connectivity index (χ3v) is 3.55. The highest BCUT2D eigenvalue weighted by molar-refractivity contribution is 14.1. The average Bonchev–Trinajstić information content (AvgIpc) is 2.32. The first kappa shape index (κ1) is 13.1. The van der Waals surface area contributed by atoms with Gasteiger partial charge >= 0.3 is 0 Å². The van der Waals surface area contributed by atoms with E-state index in [2.05, 4.69) is 27.9 Å². The first-order chi connectivity index (χ1) is 8.56. The molecule has 1 N–H and O–H groups in total. The monoisotopic (exact) mass is 351 g/mol. The van der Waals surface area contributed by atoms with Crippen LogP contribution in [0.2, 0.25) is 0 Å². The fourth-order valence-corrected chi connectivity index (χ4v) is 2.51. The Morgan fingerprint density at radius 3 is 2.44 bits per heavy atom. The second-order valence-electron chi connectivity index (χ2n) is 4.31. The maximum Gasteiger partial charge on any atom is 0.255 e. The third-order valence-electron chi connectivity index (χ3n) is 2.65. The van der Waals surface area contributed by atoms with Gasteiger partial charge < -0.3 is 5.32 Å². The standard InChI is InChI=1S/C15H14INO/c1-10-4-3-5-12(8-10)15(18)17-14-7-6-11(2)9-13(14)16/h3-9H,1-2H3,(H,17,18). The van der Waals surface area contributed by atoms with E-state index >= 15 is 0 Å². The molecular weight excluding hydrogens is 337 g/mol. The summed E-state index contributed by atoms with van der Waals surface area (Å²) < 4.78 is 1.05. The molecule has 0 saturated heterocycles. The number of nitrogens with one attached hydrogen (secondary N) is 1. The highest BCUT2D eigenvalue weighted by Crippen LogP contribution is 2.20. The van der Waals surface area contributed by atoms with Crippen LogP contribution in [0.1, 0.15) is 21.5 Å². The number of hydrogen-bond donors (Lipinski definition) is 1. The van der Waals surface area contributed by atoms with Crippen molar-refractivity contribution in [2.24, 2.45) is 0 Å². The number of carbonyl (C=O) groups excluding carboxylic acids is 1. The Labute approximate surface area is 121 Å². The van der Waals surface area contributed by atoms with Crippen LogP contribution < -0.4 is 5.32 Å². The Hall–Kier alpha value is -1.36. The van der Waals surface area contributed by atoms with Gasteiger partial charge in [-0.15, -0.1) is 0 Å². The molecule has 1 amide bonds. The summed E-state index contributed by atoms with van der Waals surface area (Å²) >= 11 is 2.23. The van der Waals surface area contributed by atoms with E-state index in [4.69, 9.17) is 0 Å². The molecule has 2 rings (SSSR count). The molecule has 0 atom stereocenters. The summed E-state index contributed by atoms with van der Waals surface area (Å²) in [5.41, 5.74) is 3.81. The van der Waals surface area contributed by atoms with Gasteiger partial charge in [-0.1, -0.05) is 23.8 Å². The van der Waals surface area contributed by atoms with Gasteiger partial charge in [-0.2, -0.15) is 0 Å². The number of amides is 1. The Morgan fingerprint density at radius 2 is 1.78 bits per heavy atom. The first-order valence-corrected chi connectivity index (χ1v) is 6.78. The normalized spacial score (nSPS) is 10.2. The first-order valence-electron chi connectivity index (χ1n) is 5.70. The number of rotatable bonds is 2. The van der Waals surface area contributed by atoms with Gasteiger partial charge in [0.05, 0.1) is 5.69 Å². The van der Waals surface area contributed by atoms with Crippen molar-refractivity contribution < 1.29 is 4.79 Å². The molecule has 0 saturated carbocycles. The smallest absolute Gasteiger partial charge is 0.255 e. The van der Waals surface area contributed by atoms with Crippen LogP contribution in [0, 0.1) is 17.4 Å². The zero-order valence-electron chi connectivity index (χ0n) is 10.3. The average molecular weight is 351 g/mol. The SMILES string of the molecule is Cc1cccc(C(=O)Nc2ccc(C)cc2I)c1. The predicted octanol–water partition coefficient (Wildman–Crippen LogP) is 4.16. The van der Waals surface area contributed by atoms with Gasteiger partial charge in [0.25, 0.3) is 5.91 Å². The molecule has 0 aliphatic heterocycles. The van der Waals surface area contributed by atoms with E-state index in [1.807, 2.05) is 56.3 Å². The maximum absolute atomic E-state index is 12.1. The zero-order valence-corrected chi connectivity index (χ0v) is 12.5. The molecule has 2 aromatic carbocycles. The second kappa shape index (κ2) is 5.52. The van der Waals surface area contributed by atoms with E-state index in [0.29, 0.717) is 5.56 Å². The molecule has 0 aromatic heterocycles. The number of aryl methyl sites for hydroxylation is 2. The van der Waals surface area contributed by atoms with Crippen LogP contribution in [0.3, 0.4) is 0 Å². The van der Waals surface area contributed by atoms with Crippen molar-refractivity contribution in [1.29, 1.82) is 0 Å². The van der Waals surface area contributed by atoms with Gasteiger partial charge in [0, 0.05) is 9.13 Å². The third kappa shape index (κ3) is 3.10. The molecule has 0 spiro atoms. The fourth-order valence-electron chi connectivity index (χ4n) is 1.70. The van der Waals surface area contributed by atoms with Crippen molar-refractivity contribution in [3.8, 4) is 0 Å². The van der Waals surface area contributed by atoms with Gasteiger partial charge in [0.1, 0.15) is 0 Å². The van der Waals surface area contributed by atoms with Crippen LogP contribution >= 0.6 is 22.6 Å². The highest BCUT2D eigenvalue weighted by atomic mass is 127. The van der Waals surface area contributed by atoms with Gasteiger partial charge in [-0.05, 0) is 66.3 Å². The van der Waals surface area contributed by atoms with Crippen molar-refractivity contribution in [3.05, 3.63) is 62.7 Å². The van der Waals surface area contributed by atoms with E-state index in [9.17, 15) is 4.79 Å². The molecule has 0 heterocycles. The van der Waals surface area contributed by atoms with E-state index in [-0.39, 0.29) is 5.91 Å². The zero-order chi connectivity index (χ0) is 13.1. The highest BCUT2D eigenvalue weighted by Gasteiger charge is 2.08. The van der Waals surface area contributed by atoms with Crippen LogP contribution in [-0.2, 0) is 0 Å². The van der Waals surface area contributed by atoms with Gasteiger partial charge in [-0.3, -0.25) is 4.79 Å². The van der Waals surface area contributed by atoms with E-state index in [1.54, 1.807) is 0 Å². The summed E-state index contributed by atoms with van der Waals surface area (Å²) in [6.07, 6.45) is 0. The summed E-state index contributed by atoms with van der Waals surface area (Å²) in [5, 5.41) is 2.93. The Morgan fingerprint density at radius 1 is 1.06 bits per heavy atom. The fraction of sp³-hybridized carbons (Fsp3) is 0.133. The minimum absolute atomic E-state index is 0.0690. The molecule has 2 nitrogen and oxygen atoms in total. The van der Waals surface area contributed by atoms with E-state index < -0.39 is 0 Å². The van der Waals surface area contributed by atoms with Crippen molar-refractivity contribution in [2.45, 2.75) is 13.8 Å². The minimum atomic E-state index is -0.0690. The van der Waals surface area contributed by atoms with Crippen molar-refractivity contribution in [3.63, 3.8) is 0 Å². The van der Waals surface area contributed by atoms with Crippen LogP contribution in [0.15, 0.2) is 42.5 Å². The number of benzene rings is 2. The molecule has 18 heavy (non-hydrogen) atoms. The molecule has 0 bridgehead atoms. The molecule has 0 aliphatic carbocycles. The number of carbonyl (C=O) groups is 1. The second-order valence-corrected chi connectivity index (χ2v) is 5.47. The lowest BCUT2D eigenvalue weighted by molar-refractivity contribution is 0.102. The van der Waals surface area contributed by atoms with Gasteiger partial charge in [0.2, 0.25) is 0 Å². The predicted molar refractivity (Wildman–Crippen MR) is 83.0 cm³/mol. The van der Waals surface area contributed by atoms with Crippen molar-refractivity contribution >= 4 is 34.2 Å².